The van der Waals surface area contributed by atoms with Crippen LogP contribution in [-0.4, -0.2) is 30.2 Å². The fourth-order valence-electron chi connectivity index (χ4n) is 3.77. The lowest BCUT2D eigenvalue weighted by atomic mass is 9.99. The van der Waals surface area contributed by atoms with Crippen LogP contribution in [0.15, 0.2) is 36.4 Å². The van der Waals surface area contributed by atoms with Gasteiger partial charge >= 0.3 is 11.8 Å². The summed E-state index contributed by atoms with van der Waals surface area (Å²) in [6.07, 6.45) is 2.03. The molecule has 8 nitrogen and oxygen atoms in total. The highest BCUT2D eigenvalue weighted by atomic mass is 16.2. The Morgan fingerprint density at radius 3 is 2.10 bits per heavy atom. The van der Waals surface area contributed by atoms with Gasteiger partial charge in [0.15, 0.2) is 0 Å². The van der Waals surface area contributed by atoms with Crippen LogP contribution in [-0.2, 0) is 32.0 Å². The van der Waals surface area contributed by atoms with Gasteiger partial charge in [-0.05, 0) is 60.4 Å². The number of hydrogen-bond acceptors (Lipinski definition) is 4. The predicted molar refractivity (Wildman–Crippen MR) is 109 cm³/mol. The van der Waals surface area contributed by atoms with Crippen molar-refractivity contribution in [1.82, 2.24) is 0 Å². The molecule has 4 amide bonds. The smallest absolute Gasteiger partial charge is 0.314 e. The molecule has 2 aliphatic rings. The Morgan fingerprint density at radius 2 is 1.45 bits per heavy atom. The molecule has 0 aliphatic carbocycles. The van der Waals surface area contributed by atoms with Crippen molar-refractivity contribution in [3.05, 3.63) is 47.5 Å². The van der Waals surface area contributed by atoms with E-state index in [9.17, 15) is 19.2 Å². The van der Waals surface area contributed by atoms with Crippen LogP contribution in [0.25, 0.3) is 0 Å². The number of carbonyl (C=O) groups excluding carboxylic acids is 4. The molecule has 2 heterocycles. The molecule has 0 fully saturated rings. The second-order valence-electron chi connectivity index (χ2n) is 7.14. The molecule has 3 N–H and O–H groups in total. The average molecular weight is 392 g/mol. The quantitative estimate of drug-likeness (QED) is 0.695. The summed E-state index contributed by atoms with van der Waals surface area (Å²) in [5.74, 6) is -1.71. The molecule has 4 rings (SSSR count). The second-order valence-corrected chi connectivity index (χ2v) is 7.14. The minimum atomic E-state index is -0.802. The van der Waals surface area contributed by atoms with Gasteiger partial charge in [0.2, 0.25) is 11.8 Å². The lowest BCUT2D eigenvalue weighted by Gasteiger charge is -2.26. The Bertz CT molecular complexity index is 1030. The first-order chi connectivity index (χ1) is 13.9. The van der Waals surface area contributed by atoms with Crippen LogP contribution < -0.4 is 20.9 Å². The fourth-order valence-corrected chi connectivity index (χ4v) is 3.77. The van der Waals surface area contributed by atoms with E-state index in [1.165, 1.54) is 6.92 Å². The summed E-state index contributed by atoms with van der Waals surface area (Å²) >= 11 is 0. The molecule has 8 heteroatoms. The van der Waals surface area contributed by atoms with Gasteiger partial charge in [-0.25, -0.2) is 0 Å². The Kier molecular flexibility index (Phi) is 4.75. The van der Waals surface area contributed by atoms with E-state index >= 15 is 0 Å². The van der Waals surface area contributed by atoms with Crippen LogP contribution in [0.4, 0.5) is 22.7 Å². The molecule has 0 bridgehead atoms. The third-order valence-electron chi connectivity index (χ3n) is 4.94. The largest absolute Gasteiger partial charge is 0.326 e. The molecular formula is C21H20N4O4. The van der Waals surface area contributed by atoms with Crippen LogP contribution in [0.2, 0.25) is 0 Å². The minimum absolute atomic E-state index is 0.0740. The van der Waals surface area contributed by atoms with E-state index < -0.39 is 11.8 Å². The molecule has 0 saturated heterocycles. The van der Waals surface area contributed by atoms with Crippen molar-refractivity contribution in [2.24, 2.45) is 0 Å². The van der Waals surface area contributed by atoms with Crippen LogP contribution in [0, 0.1) is 0 Å². The molecular weight excluding hydrogens is 372 g/mol. The summed E-state index contributed by atoms with van der Waals surface area (Å²) in [5, 5.41) is 7.77. The van der Waals surface area contributed by atoms with Crippen molar-refractivity contribution < 1.29 is 19.2 Å². The number of hydrogen-bond donors (Lipinski definition) is 3. The summed E-state index contributed by atoms with van der Waals surface area (Å²) < 4.78 is 0. The normalized spacial score (nSPS) is 14.2. The molecule has 0 aromatic heterocycles. The molecule has 0 saturated carbocycles. The summed E-state index contributed by atoms with van der Waals surface area (Å²) in [6.45, 7) is 2.13. The lowest BCUT2D eigenvalue weighted by Crippen LogP contribution is -2.31. The van der Waals surface area contributed by atoms with Gasteiger partial charge in [-0.15, -0.1) is 0 Å². The van der Waals surface area contributed by atoms with Crippen molar-refractivity contribution in [2.45, 2.75) is 26.2 Å². The first kappa shape index (κ1) is 18.7. The highest BCUT2D eigenvalue weighted by Gasteiger charge is 2.32. The van der Waals surface area contributed by atoms with Crippen molar-refractivity contribution in [1.29, 1.82) is 0 Å². The van der Waals surface area contributed by atoms with E-state index in [-0.39, 0.29) is 11.8 Å². The molecule has 2 aromatic carbocycles. The first-order valence-corrected chi connectivity index (χ1v) is 9.37. The maximum atomic E-state index is 12.3. The van der Waals surface area contributed by atoms with E-state index in [2.05, 4.69) is 16.0 Å². The van der Waals surface area contributed by atoms with E-state index in [0.29, 0.717) is 23.5 Å². The number of aryl methyl sites for hydroxylation is 1. The number of nitrogens with zero attached hydrogens (tertiary/aromatic N) is 1. The third kappa shape index (κ3) is 3.82. The molecule has 0 unspecified atom stereocenters. The van der Waals surface area contributed by atoms with Gasteiger partial charge in [0, 0.05) is 30.5 Å². The number of rotatable bonds is 3. The third-order valence-corrected chi connectivity index (χ3v) is 4.94. The lowest BCUT2D eigenvalue weighted by molar-refractivity contribution is -0.132. The Labute approximate surface area is 167 Å². The maximum Gasteiger partial charge on any atom is 0.314 e. The van der Waals surface area contributed by atoms with Crippen molar-refractivity contribution in [3.8, 4) is 0 Å². The number of benzene rings is 2. The van der Waals surface area contributed by atoms with Gasteiger partial charge in [-0.2, -0.15) is 0 Å². The summed E-state index contributed by atoms with van der Waals surface area (Å²) in [6, 6.07) is 10.0. The molecule has 2 aromatic rings. The first-order valence-electron chi connectivity index (χ1n) is 9.37. The molecule has 29 heavy (non-hydrogen) atoms. The predicted octanol–water partition coefficient (Wildman–Crippen LogP) is 2.06. The molecule has 0 spiro atoms. The summed E-state index contributed by atoms with van der Waals surface area (Å²) in [4.78, 5) is 49.5. The zero-order chi connectivity index (χ0) is 20.5. The van der Waals surface area contributed by atoms with Crippen LogP contribution in [0.5, 0.6) is 0 Å². The standard InChI is InChI=1S/C21H20N4O4/c1-12(26)22-15-4-6-16(7-5-15)23-20(28)21(29)24-17-9-13-3-2-8-25-18(27)11-14(10-17)19(13)25/h4-7,9-10H,2-3,8,11H2,1H3,(H,22,26)(H,23,28)(H,24,29). The van der Waals surface area contributed by atoms with Crippen LogP contribution in [0.1, 0.15) is 24.5 Å². The van der Waals surface area contributed by atoms with Gasteiger partial charge < -0.3 is 20.9 Å². The van der Waals surface area contributed by atoms with Gasteiger partial charge in [-0.3, -0.25) is 19.2 Å². The maximum absolute atomic E-state index is 12.3. The van der Waals surface area contributed by atoms with Gasteiger partial charge in [0.05, 0.1) is 12.1 Å². The van der Waals surface area contributed by atoms with E-state index in [0.717, 1.165) is 36.2 Å². The summed E-state index contributed by atoms with van der Waals surface area (Å²) in [7, 11) is 0. The molecule has 148 valence electrons. The number of carbonyl (C=O) groups is 4. The SMILES string of the molecule is CC(=O)Nc1ccc(NC(=O)C(=O)Nc2cc3c4c(c2)CC(=O)N4CCC3)cc1. The zero-order valence-corrected chi connectivity index (χ0v) is 15.9. The van der Waals surface area contributed by atoms with E-state index in [4.69, 9.17) is 0 Å². The van der Waals surface area contributed by atoms with Gasteiger partial charge in [0.25, 0.3) is 0 Å². The number of amides is 4. The average Bonchev–Trinajstić information content (AvgIpc) is 3.00. The Hall–Kier alpha value is -3.68. The van der Waals surface area contributed by atoms with Crippen LogP contribution in [0.3, 0.4) is 0 Å². The van der Waals surface area contributed by atoms with Crippen LogP contribution >= 0.6 is 0 Å². The number of nitrogens with one attached hydrogen (secondary N) is 3. The molecule has 0 radical (unpaired) electrons. The van der Waals surface area contributed by atoms with Gasteiger partial charge in [0.1, 0.15) is 0 Å². The van der Waals surface area contributed by atoms with E-state index in [1.54, 1.807) is 35.2 Å². The highest BCUT2D eigenvalue weighted by molar-refractivity contribution is 6.43. The molecule has 0 atom stereocenters. The highest BCUT2D eigenvalue weighted by Crippen LogP contribution is 2.38. The van der Waals surface area contributed by atoms with Crippen molar-refractivity contribution >= 4 is 46.4 Å². The summed E-state index contributed by atoms with van der Waals surface area (Å²) in [5.41, 5.74) is 4.40. The van der Waals surface area contributed by atoms with Crippen molar-refractivity contribution in [2.75, 3.05) is 27.4 Å². The minimum Gasteiger partial charge on any atom is -0.326 e. The fraction of sp³-hybridized carbons (Fsp3) is 0.238. The Balaban J connectivity index is 1.43. The monoisotopic (exact) mass is 392 g/mol. The van der Waals surface area contributed by atoms with E-state index in [1.807, 2.05) is 6.07 Å². The van der Waals surface area contributed by atoms with Gasteiger partial charge in [-0.1, -0.05) is 0 Å². The van der Waals surface area contributed by atoms with Crippen molar-refractivity contribution in [3.63, 3.8) is 0 Å². The molecule has 2 aliphatic heterocycles. The topological polar surface area (TPSA) is 108 Å². The number of anilines is 4. The Morgan fingerprint density at radius 1 is 0.862 bits per heavy atom. The second kappa shape index (κ2) is 7.38. The zero-order valence-electron chi connectivity index (χ0n) is 15.9.